The lowest BCUT2D eigenvalue weighted by atomic mass is 10.1. The molecule has 1 heterocycles. The zero-order valence-corrected chi connectivity index (χ0v) is 13.5. The number of furan rings is 1. The van der Waals surface area contributed by atoms with Gasteiger partial charge in [-0.15, -0.1) is 0 Å². The summed E-state index contributed by atoms with van der Waals surface area (Å²) in [7, 11) is 0. The molecule has 0 bridgehead atoms. The van der Waals surface area contributed by atoms with E-state index in [1.165, 1.54) is 12.2 Å². The van der Waals surface area contributed by atoms with Crippen LogP contribution in [0.1, 0.15) is 32.2 Å². The van der Waals surface area contributed by atoms with Crippen molar-refractivity contribution in [1.29, 1.82) is 0 Å². The van der Waals surface area contributed by atoms with Gasteiger partial charge >= 0.3 is 0 Å². The number of benzene rings is 2. The largest absolute Gasteiger partial charge is 0.457 e. The summed E-state index contributed by atoms with van der Waals surface area (Å²) >= 11 is 0. The monoisotopic (exact) mass is 328 g/mol. The fourth-order valence-corrected chi connectivity index (χ4v) is 2.26. The molecule has 3 rings (SSSR count). The average molecular weight is 328 g/mol. The van der Waals surface area contributed by atoms with Gasteiger partial charge in [0.05, 0.1) is 0 Å². The van der Waals surface area contributed by atoms with Gasteiger partial charge in [-0.1, -0.05) is 60.7 Å². The van der Waals surface area contributed by atoms with Crippen molar-refractivity contribution in [1.82, 2.24) is 0 Å². The summed E-state index contributed by atoms with van der Waals surface area (Å²) in [6.07, 6.45) is 6.17. The van der Waals surface area contributed by atoms with E-state index in [0.717, 1.165) is 0 Å². The first-order valence-electron chi connectivity index (χ1n) is 7.87. The molecule has 25 heavy (non-hydrogen) atoms. The third-order valence-corrected chi connectivity index (χ3v) is 3.56. The molecule has 0 amide bonds. The Morgan fingerprint density at radius 3 is 1.40 bits per heavy atom. The van der Waals surface area contributed by atoms with Crippen molar-refractivity contribution in [2.45, 2.75) is 0 Å². The average Bonchev–Trinajstić information content (AvgIpc) is 3.13. The molecule has 0 aliphatic rings. The highest BCUT2D eigenvalue weighted by Gasteiger charge is 2.03. The van der Waals surface area contributed by atoms with Crippen LogP contribution in [0.15, 0.2) is 89.4 Å². The molecule has 0 aliphatic heterocycles. The van der Waals surface area contributed by atoms with E-state index in [-0.39, 0.29) is 11.6 Å². The number of hydrogen-bond acceptors (Lipinski definition) is 3. The molecule has 0 saturated carbocycles. The zero-order chi connectivity index (χ0) is 17.5. The summed E-state index contributed by atoms with van der Waals surface area (Å²) in [5, 5.41) is 0. The topological polar surface area (TPSA) is 47.3 Å². The Morgan fingerprint density at radius 1 is 0.600 bits per heavy atom. The molecule has 0 unspecified atom stereocenters. The van der Waals surface area contributed by atoms with Crippen LogP contribution < -0.4 is 0 Å². The van der Waals surface area contributed by atoms with E-state index in [9.17, 15) is 9.59 Å². The Hall–Kier alpha value is -3.46. The quantitative estimate of drug-likeness (QED) is 0.469. The lowest BCUT2D eigenvalue weighted by Crippen LogP contribution is -1.92. The van der Waals surface area contributed by atoms with E-state index in [2.05, 4.69) is 0 Å². The van der Waals surface area contributed by atoms with Gasteiger partial charge in [0.1, 0.15) is 11.5 Å². The summed E-state index contributed by atoms with van der Waals surface area (Å²) in [6.45, 7) is 0. The highest BCUT2D eigenvalue weighted by atomic mass is 16.3. The highest BCUT2D eigenvalue weighted by molar-refractivity contribution is 6.07. The maximum Gasteiger partial charge on any atom is 0.185 e. The van der Waals surface area contributed by atoms with E-state index in [1.54, 1.807) is 48.6 Å². The zero-order valence-electron chi connectivity index (χ0n) is 13.5. The van der Waals surface area contributed by atoms with Crippen LogP contribution in [0.4, 0.5) is 0 Å². The Kier molecular flexibility index (Phi) is 5.17. The standard InChI is InChI=1S/C22H16O3/c23-21(17-7-3-1-4-8-17)15-13-19-11-12-20(25-19)14-16-22(24)18-9-5-2-6-10-18/h1-16H/b15-13+,16-14+. The van der Waals surface area contributed by atoms with Gasteiger partial charge in [-0.25, -0.2) is 0 Å². The normalized spacial score (nSPS) is 11.2. The van der Waals surface area contributed by atoms with Crippen molar-refractivity contribution in [3.05, 3.63) is 108 Å². The highest BCUT2D eigenvalue weighted by Crippen LogP contribution is 2.13. The van der Waals surface area contributed by atoms with Crippen LogP contribution >= 0.6 is 0 Å². The number of rotatable bonds is 6. The van der Waals surface area contributed by atoms with Crippen molar-refractivity contribution in [2.75, 3.05) is 0 Å². The molecular formula is C22H16O3. The van der Waals surface area contributed by atoms with Crippen LogP contribution in [0, 0.1) is 0 Å². The van der Waals surface area contributed by atoms with Crippen molar-refractivity contribution in [2.24, 2.45) is 0 Å². The second-order valence-electron chi connectivity index (χ2n) is 5.37. The SMILES string of the molecule is O=C(/C=C/c1ccc(/C=C/C(=O)c2ccccc2)o1)c1ccccc1. The molecule has 3 heteroatoms. The predicted octanol–water partition coefficient (Wildman–Crippen LogP) is 5.07. The van der Waals surface area contributed by atoms with E-state index < -0.39 is 0 Å². The summed E-state index contributed by atoms with van der Waals surface area (Å²) in [4.78, 5) is 24.0. The van der Waals surface area contributed by atoms with Gasteiger partial charge in [0.15, 0.2) is 11.6 Å². The predicted molar refractivity (Wildman–Crippen MR) is 98.3 cm³/mol. The minimum atomic E-state index is -0.0895. The number of carbonyl (C=O) groups is 2. The van der Waals surface area contributed by atoms with Crippen molar-refractivity contribution in [3.63, 3.8) is 0 Å². The van der Waals surface area contributed by atoms with Crippen molar-refractivity contribution in [3.8, 4) is 0 Å². The fraction of sp³-hybridized carbons (Fsp3) is 0. The molecule has 0 saturated heterocycles. The first kappa shape index (κ1) is 16.4. The van der Waals surface area contributed by atoms with E-state index in [1.807, 2.05) is 36.4 Å². The Morgan fingerprint density at radius 2 is 1.00 bits per heavy atom. The van der Waals surface area contributed by atoms with Gasteiger partial charge in [-0.05, 0) is 36.4 Å². The summed E-state index contributed by atoms with van der Waals surface area (Å²) in [6, 6.07) is 21.6. The second-order valence-corrected chi connectivity index (χ2v) is 5.37. The molecule has 3 nitrogen and oxygen atoms in total. The summed E-state index contributed by atoms with van der Waals surface area (Å²) < 4.78 is 5.58. The smallest absolute Gasteiger partial charge is 0.185 e. The third kappa shape index (κ3) is 4.52. The minimum absolute atomic E-state index is 0.0895. The van der Waals surface area contributed by atoms with Crippen LogP contribution in [-0.2, 0) is 0 Å². The van der Waals surface area contributed by atoms with Gasteiger partial charge < -0.3 is 4.42 Å². The fourth-order valence-electron chi connectivity index (χ4n) is 2.26. The van der Waals surface area contributed by atoms with Gasteiger partial charge in [0, 0.05) is 11.1 Å². The molecule has 3 aromatic rings. The number of hydrogen-bond donors (Lipinski definition) is 0. The van der Waals surface area contributed by atoms with Gasteiger partial charge in [0.2, 0.25) is 0 Å². The number of allylic oxidation sites excluding steroid dienone is 2. The Labute approximate surface area is 145 Å². The molecule has 1 aromatic heterocycles. The van der Waals surface area contributed by atoms with Gasteiger partial charge in [-0.3, -0.25) is 9.59 Å². The second kappa shape index (κ2) is 7.88. The number of ketones is 2. The molecule has 0 radical (unpaired) electrons. The first-order valence-corrected chi connectivity index (χ1v) is 7.87. The Bertz CT molecular complexity index is 840. The molecule has 0 N–H and O–H groups in total. The molecule has 0 aliphatic carbocycles. The van der Waals surface area contributed by atoms with Crippen LogP contribution in [-0.4, -0.2) is 11.6 Å². The maximum atomic E-state index is 12.0. The van der Waals surface area contributed by atoms with Crippen LogP contribution in [0.5, 0.6) is 0 Å². The van der Waals surface area contributed by atoms with E-state index in [4.69, 9.17) is 4.42 Å². The molecule has 2 aromatic carbocycles. The van der Waals surface area contributed by atoms with Gasteiger partial charge in [0.25, 0.3) is 0 Å². The molecule has 0 atom stereocenters. The third-order valence-electron chi connectivity index (χ3n) is 3.56. The summed E-state index contributed by atoms with van der Waals surface area (Å²) in [5.41, 5.74) is 1.25. The van der Waals surface area contributed by atoms with Crippen LogP contribution in [0.2, 0.25) is 0 Å². The lowest BCUT2D eigenvalue weighted by molar-refractivity contribution is 0.103. The van der Waals surface area contributed by atoms with Crippen LogP contribution in [0.3, 0.4) is 0 Å². The van der Waals surface area contributed by atoms with Crippen molar-refractivity contribution >= 4 is 23.7 Å². The molecular weight excluding hydrogens is 312 g/mol. The number of carbonyl (C=O) groups excluding carboxylic acids is 2. The first-order chi connectivity index (χ1) is 12.2. The van der Waals surface area contributed by atoms with E-state index in [0.29, 0.717) is 22.6 Å². The van der Waals surface area contributed by atoms with Gasteiger partial charge in [-0.2, -0.15) is 0 Å². The molecule has 0 spiro atoms. The lowest BCUT2D eigenvalue weighted by Gasteiger charge is -1.93. The maximum absolute atomic E-state index is 12.0. The minimum Gasteiger partial charge on any atom is -0.457 e. The summed E-state index contributed by atoms with van der Waals surface area (Å²) in [5.74, 6) is 0.925. The van der Waals surface area contributed by atoms with E-state index >= 15 is 0 Å². The molecule has 122 valence electrons. The van der Waals surface area contributed by atoms with Crippen LogP contribution in [0.25, 0.3) is 12.2 Å². The Balaban J connectivity index is 1.64. The molecule has 0 fully saturated rings. The van der Waals surface area contributed by atoms with Crippen molar-refractivity contribution < 1.29 is 14.0 Å².